The molecule has 1 amide bonds. The molecule has 2 aliphatic rings. The normalized spacial score (nSPS) is 25.7. The lowest BCUT2D eigenvalue weighted by Crippen LogP contribution is -2.32. The van der Waals surface area contributed by atoms with Crippen LogP contribution in [0.5, 0.6) is 0 Å². The summed E-state index contributed by atoms with van der Waals surface area (Å²) in [7, 11) is 0. The Bertz CT molecular complexity index is 486. The number of nitrogens with one attached hydrogen (secondary N) is 1. The van der Waals surface area contributed by atoms with Crippen molar-refractivity contribution in [3.63, 3.8) is 0 Å². The first-order valence-corrected chi connectivity index (χ1v) is 7.02. The second-order valence-corrected chi connectivity index (χ2v) is 6.18. The van der Waals surface area contributed by atoms with E-state index in [9.17, 15) is 4.79 Å². The maximum atomic E-state index is 12.4. The van der Waals surface area contributed by atoms with Crippen LogP contribution in [0.25, 0.3) is 0 Å². The van der Waals surface area contributed by atoms with Crippen molar-refractivity contribution in [3.05, 3.63) is 29.3 Å². The highest BCUT2D eigenvalue weighted by molar-refractivity contribution is 6.04. The Morgan fingerprint density at radius 1 is 1.22 bits per heavy atom. The van der Waals surface area contributed by atoms with Crippen LogP contribution in [-0.2, 0) is 4.79 Å². The van der Waals surface area contributed by atoms with Gasteiger partial charge in [-0.25, -0.2) is 0 Å². The summed E-state index contributed by atoms with van der Waals surface area (Å²) in [5.41, 5.74) is 3.63. The third kappa shape index (κ3) is 1.66. The number of hydrogen-bond donors (Lipinski definition) is 1. The monoisotopic (exact) mass is 243 g/mol. The topological polar surface area (TPSA) is 29.1 Å². The fraction of sp³-hybridized carbons (Fsp3) is 0.562. The molecule has 1 fully saturated rings. The largest absolute Gasteiger partial charge is 0.325 e. The third-order valence-electron chi connectivity index (χ3n) is 4.82. The first kappa shape index (κ1) is 11.8. The van der Waals surface area contributed by atoms with E-state index < -0.39 is 0 Å². The molecule has 2 heteroatoms. The van der Waals surface area contributed by atoms with Gasteiger partial charge in [-0.1, -0.05) is 44.4 Å². The molecule has 1 aromatic rings. The minimum atomic E-state index is 0.0627. The molecule has 0 aromatic heterocycles. The summed E-state index contributed by atoms with van der Waals surface area (Å²) < 4.78 is 0. The molecule has 96 valence electrons. The van der Waals surface area contributed by atoms with Gasteiger partial charge in [0.05, 0.1) is 5.92 Å². The first-order chi connectivity index (χ1) is 8.62. The predicted molar refractivity (Wildman–Crippen MR) is 73.7 cm³/mol. The number of aryl methyl sites for hydroxylation is 1. The summed E-state index contributed by atoms with van der Waals surface area (Å²) >= 11 is 0. The molecule has 1 N–H and O–H groups in total. The van der Waals surface area contributed by atoms with E-state index in [4.69, 9.17) is 0 Å². The van der Waals surface area contributed by atoms with Gasteiger partial charge < -0.3 is 5.32 Å². The van der Waals surface area contributed by atoms with E-state index in [1.165, 1.54) is 43.2 Å². The summed E-state index contributed by atoms with van der Waals surface area (Å²) in [6.45, 7) is 4.37. The van der Waals surface area contributed by atoms with Crippen LogP contribution in [0.2, 0.25) is 0 Å². The van der Waals surface area contributed by atoms with Crippen LogP contribution in [0.3, 0.4) is 0 Å². The number of carbonyl (C=O) groups is 1. The predicted octanol–water partition coefficient (Wildman–Crippen LogP) is 4.00. The van der Waals surface area contributed by atoms with Gasteiger partial charge in [-0.2, -0.15) is 0 Å². The lowest BCUT2D eigenvalue weighted by Gasteiger charge is -2.38. The molecule has 0 bridgehead atoms. The van der Waals surface area contributed by atoms with Crippen LogP contribution in [0.1, 0.15) is 56.1 Å². The smallest absolute Gasteiger partial charge is 0.232 e. The Kier molecular flexibility index (Phi) is 2.69. The van der Waals surface area contributed by atoms with E-state index in [0.717, 1.165) is 5.69 Å². The van der Waals surface area contributed by atoms with Gasteiger partial charge in [-0.15, -0.1) is 0 Å². The lowest BCUT2D eigenvalue weighted by atomic mass is 9.65. The van der Waals surface area contributed by atoms with Gasteiger partial charge in [-0.3, -0.25) is 4.79 Å². The van der Waals surface area contributed by atoms with Crippen LogP contribution in [0, 0.1) is 12.3 Å². The van der Waals surface area contributed by atoms with E-state index in [-0.39, 0.29) is 17.2 Å². The minimum absolute atomic E-state index is 0.0627. The molecule has 0 saturated heterocycles. The van der Waals surface area contributed by atoms with Gasteiger partial charge in [0, 0.05) is 5.69 Å². The second-order valence-electron chi connectivity index (χ2n) is 6.18. The summed E-state index contributed by atoms with van der Waals surface area (Å²) in [4.78, 5) is 12.4. The molecule has 3 rings (SSSR count). The second kappa shape index (κ2) is 4.11. The molecule has 0 spiro atoms. The van der Waals surface area contributed by atoms with Gasteiger partial charge >= 0.3 is 0 Å². The van der Waals surface area contributed by atoms with Gasteiger partial charge in [0.25, 0.3) is 0 Å². The van der Waals surface area contributed by atoms with E-state index in [1.807, 2.05) is 0 Å². The minimum Gasteiger partial charge on any atom is -0.325 e. The highest BCUT2D eigenvalue weighted by atomic mass is 16.2. The van der Waals surface area contributed by atoms with Gasteiger partial charge in [0.2, 0.25) is 5.91 Å². The zero-order valence-corrected chi connectivity index (χ0v) is 11.3. The van der Waals surface area contributed by atoms with E-state index in [2.05, 4.69) is 37.4 Å². The van der Waals surface area contributed by atoms with Gasteiger partial charge in [-0.05, 0) is 36.3 Å². The van der Waals surface area contributed by atoms with Crippen molar-refractivity contribution in [3.8, 4) is 0 Å². The molecular weight excluding hydrogens is 222 g/mol. The van der Waals surface area contributed by atoms with Crippen molar-refractivity contribution in [1.29, 1.82) is 0 Å². The number of anilines is 1. The average molecular weight is 243 g/mol. The van der Waals surface area contributed by atoms with Crippen LogP contribution in [0.15, 0.2) is 18.2 Å². The number of hydrogen-bond acceptors (Lipinski definition) is 1. The highest BCUT2D eigenvalue weighted by Gasteiger charge is 2.45. The zero-order valence-electron chi connectivity index (χ0n) is 11.3. The number of rotatable bonds is 1. The van der Waals surface area contributed by atoms with E-state index >= 15 is 0 Å². The van der Waals surface area contributed by atoms with Crippen molar-refractivity contribution in [2.24, 2.45) is 5.41 Å². The van der Waals surface area contributed by atoms with Crippen molar-refractivity contribution in [2.75, 3.05) is 5.32 Å². The Morgan fingerprint density at radius 3 is 2.67 bits per heavy atom. The number of fused-ring (bicyclic) bond motifs is 1. The molecule has 1 aliphatic carbocycles. The van der Waals surface area contributed by atoms with Gasteiger partial charge in [0.1, 0.15) is 0 Å². The van der Waals surface area contributed by atoms with E-state index in [0.29, 0.717) is 0 Å². The van der Waals surface area contributed by atoms with Crippen LogP contribution in [-0.4, -0.2) is 5.91 Å². The van der Waals surface area contributed by atoms with Crippen molar-refractivity contribution in [2.45, 2.75) is 51.9 Å². The summed E-state index contributed by atoms with van der Waals surface area (Å²) in [6.07, 6.45) is 6.21. The summed E-state index contributed by atoms with van der Waals surface area (Å²) in [6, 6.07) is 6.28. The molecular formula is C16H21NO. The van der Waals surface area contributed by atoms with Crippen LogP contribution in [0.4, 0.5) is 5.69 Å². The molecule has 0 radical (unpaired) electrons. The number of benzene rings is 1. The van der Waals surface area contributed by atoms with E-state index in [1.54, 1.807) is 0 Å². The molecule has 1 unspecified atom stereocenters. The number of carbonyl (C=O) groups excluding carboxylic acids is 1. The molecule has 1 atom stereocenters. The molecule has 1 aromatic carbocycles. The summed E-state index contributed by atoms with van der Waals surface area (Å²) in [5, 5.41) is 3.10. The maximum Gasteiger partial charge on any atom is 0.232 e. The van der Waals surface area contributed by atoms with Crippen LogP contribution >= 0.6 is 0 Å². The molecule has 1 saturated carbocycles. The number of para-hydroxylation sites is 1. The Balaban J connectivity index is 2.03. The first-order valence-electron chi connectivity index (χ1n) is 7.02. The molecule has 1 aliphatic heterocycles. The van der Waals surface area contributed by atoms with Crippen molar-refractivity contribution >= 4 is 11.6 Å². The van der Waals surface area contributed by atoms with Crippen molar-refractivity contribution < 1.29 is 4.79 Å². The molecule has 2 nitrogen and oxygen atoms in total. The highest BCUT2D eigenvalue weighted by Crippen LogP contribution is 2.51. The van der Waals surface area contributed by atoms with Crippen molar-refractivity contribution in [1.82, 2.24) is 0 Å². The maximum absolute atomic E-state index is 12.4. The lowest BCUT2D eigenvalue weighted by molar-refractivity contribution is -0.120. The standard InChI is InChI=1S/C16H21NO/c1-11-7-6-8-12-13(15(18)17-14(11)12)16(2)9-4-3-5-10-16/h6-8,13H,3-5,9-10H2,1-2H3,(H,17,18). The zero-order chi connectivity index (χ0) is 12.8. The fourth-order valence-electron chi connectivity index (χ4n) is 3.78. The average Bonchev–Trinajstić information content (AvgIpc) is 2.68. The third-order valence-corrected chi connectivity index (χ3v) is 4.82. The quantitative estimate of drug-likeness (QED) is 0.793. The molecule has 18 heavy (non-hydrogen) atoms. The molecule has 1 heterocycles. The van der Waals surface area contributed by atoms with Gasteiger partial charge in [0.15, 0.2) is 0 Å². The Morgan fingerprint density at radius 2 is 1.94 bits per heavy atom. The fourth-order valence-corrected chi connectivity index (χ4v) is 3.78. The summed E-state index contributed by atoms with van der Waals surface area (Å²) in [5.74, 6) is 0.274. The Labute approximate surface area is 109 Å². The van der Waals surface area contributed by atoms with Crippen LogP contribution < -0.4 is 5.32 Å². The SMILES string of the molecule is Cc1cccc2c1NC(=O)C2C1(C)CCCCC1. The Hall–Kier alpha value is -1.31. The number of amides is 1.